The molecule has 0 aromatic rings. The minimum absolute atomic E-state index is 0.897. The summed E-state index contributed by atoms with van der Waals surface area (Å²) in [6.45, 7) is 4.51. The first-order valence-electron chi connectivity index (χ1n) is 8.81. The van der Waals surface area contributed by atoms with E-state index in [4.69, 9.17) is 0 Å². The lowest BCUT2D eigenvalue weighted by Crippen LogP contribution is -1.98. The summed E-state index contributed by atoms with van der Waals surface area (Å²) >= 11 is 2.35. The van der Waals surface area contributed by atoms with Crippen LogP contribution in [-0.4, -0.2) is 16.5 Å². The number of hydrogen-bond acceptors (Lipinski definition) is 1. The third kappa shape index (κ3) is 12.7. The van der Waals surface area contributed by atoms with E-state index in [-0.39, 0.29) is 0 Å². The van der Waals surface area contributed by atoms with Crippen molar-refractivity contribution in [1.29, 1.82) is 0 Å². The van der Waals surface area contributed by atoms with E-state index in [9.17, 15) is 4.57 Å². The van der Waals surface area contributed by atoms with E-state index < -0.39 is 7.14 Å². The predicted molar refractivity (Wildman–Crippen MR) is 103 cm³/mol. The number of alkyl halides is 1. The normalized spacial score (nSPS) is 11.9. The van der Waals surface area contributed by atoms with Crippen LogP contribution in [0, 0.1) is 0 Å². The highest BCUT2D eigenvalue weighted by atomic mass is 127. The van der Waals surface area contributed by atoms with Gasteiger partial charge in [-0.05, 0) is 12.8 Å². The number of unbranched alkanes of at least 4 members (excludes halogenated alkanes) is 10. The number of rotatable bonds is 15. The molecule has 0 N–H and O–H groups in total. The molecule has 122 valence electrons. The minimum atomic E-state index is -1.82. The largest absolute Gasteiger partial charge is 0.323 e. The topological polar surface area (TPSA) is 17.1 Å². The maximum atomic E-state index is 12.8. The number of halogens is 1. The van der Waals surface area contributed by atoms with Gasteiger partial charge in [0.1, 0.15) is 0 Å². The van der Waals surface area contributed by atoms with Crippen molar-refractivity contribution in [1.82, 2.24) is 0 Å². The van der Waals surface area contributed by atoms with Crippen molar-refractivity contribution in [3.05, 3.63) is 0 Å². The highest BCUT2D eigenvalue weighted by Crippen LogP contribution is 2.49. The van der Waals surface area contributed by atoms with E-state index in [2.05, 4.69) is 36.4 Å². The maximum absolute atomic E-state index is 12.8. The van der Waals surface area contributed by atoms with Crippen LogP contribution < -0.4 is 0 Å². The molecule has 0 fully saturated rings. The second kappa shape index (κ2) is 14.9. The summed E-state index contributed by atoms with van der Waals surface area (Å²) in [5, 5.41) is 0. The van der Waals surface area contributed by atoms with Gasteiger partial charge >= 0.3 is 0 Å². The van der Waals surface area contributed by atoms with Crippen molar-refractivity contribution in [3.63, 3.8) is 0 Å². The SMILES string of the molecule is CCCCCCCCP(=O)(CI)CCCCCCCC. The molecule has 0 saturated heterocycles. The van der Waals surface area contributed by atoms with E-state index in [1.807, 2.05) is 0 Å². The van der Waals surface area contributed by atoms with E-state index in [0.717, 1.165) is 16.5 Å². The molecule has 0 aliphatic heterocycles. The van der Waals surface area contributed by atoms with Crippen LogP contribution in [0.4, 0.5) is 0 Å². The van der Waals surface area contributed by atoms with Crippen molar-refractivity contribution in [2.75, 3.05) is 16.5 Å². The third-order valence-corrected chi connectivity index (χ3v) is 10.5. The molecule has 0 amide bonds. The molecule has 0 spiro atoms. The molecule has 0 aliphatic carbocycles. The van der Waals surface area contributed by atoms with E-state index in [1.165, 1.54) is 77.0 Å². The van der Waals surface area contributed by atoms with Crippen LogP contribution in [0.3, 0.4) is 0 Å². The molecule has 0 heterocycles. The molecule has 3 heteroatoms. The smallest absolute Gasteiger partial charge is 0.0970 e. The van der Waals surface area contributed by atoms with Crippen molar-refractivity contribution >= 4 is 29.7 Å². The van der Waals surface area contributed by atoms with Gasteiger partial charge in [-0.1, -0.05) is 101 Å². The quantitative estimate of drug-likeness (QED) is 0.118. The summed E-state index contributed by atoms with van der Waals surface area (Å²) < 4.78 is 13.6. The molecular weight excluding hydrogens is 378 g/mol. The maximum Gasteiger partial charge on any atom is 0.0970 e. The molecule has 0 aliphatic rings. The van der Waals surface area contributed by atoms with Crippen LogP contribution in [-0.2, 0) is 4.57 Å². The first-order chi connectivity index (χ1) is 9.68. The Morgan fingerprint density at radius 1 is 0.650 bits per heavy atom. The molecule has 0 radical (unpaired) electrons. The van der Waals surface area contributed by atoms with Crippen LogP contribution in [0.2, 0.25) is 0 Å². The van der Waals surface area contributed by atoms with Crippen LogP contribution in [0.1, 0.15) is 90.9 Å². The average molecular weight is 414 g/mol. The number of hydrogen-bond donors (Lipinski definition) is 0. The molecule has 0 rings (SSSR count). The summed E-state index contributed by atoms with van der Waals surface area (Å²) in [6.07, 6.45) is 17.7. The van der Waals surface area contributed by atoms with Crippen molar-refractivity contribution in [2.24, 2.45) is 0 Å². The molecule has 20 heavy (non-hydrogen) atoms. The first kappa shape index (κ1) is 21.0. The zero-order valence-electron chi connectivity index (χ0n) is 13.8. The van der Waals surface area contributed by atoms with Crippen molar-refractivity contribution < 1.29 is 4.57 Å². The predicted octanol–water partition coefficient (Wildman–Crippen LogP) is 7.46. The van der Waals surface area contributed by atoms with Gasteiger partial charge in [0.15, 0.2) is 0 Å². The zero-order valence-corrected chi connectivity index (χ0v) is 16.9. The molecule has 0 aromatic heterocycles. The highest BCUT2D eigenvalue weighted by molar-refractivity contribution is 14.1. The first-order valence-corrected chi connectivity index (χ1v) is 12.6. The fourth-order valence-corrected chi connectivity index (χ4v) is 6.70. The lowest BCUT2D eigenvalue weighted by Gasteiger charge is -2.15. The highest BCUT2D eigenvalue weighted by Gasteiger charge is 2.19. The zero-order chi connectivity index (χ0) is 15.1. The van der Waals surface area contributed by atoms with Gasteiger partial charge in [-0.2, -0.15) is 0 Å². The Bertz CT molecular complexity index is 223. The third-order valence-electron chi connectivity index (χ3n) is 4.06. The molecular formula is C17H36IOP. The van der Waals surface area contributed by atoms with Crippen LogP contribution >= 0.6 is 29.7 Å². The summed E-state index contributed by atoms with van der Waals surface area (Å²) in [6, 6.07) is 0. The summed E-state index contributed by atoms with van der Waals surface area (Å²) in [5.74, 6) is 0. The van der Waals surface area contributed by atoms with Gasteiger partial charge in [-0.15, -0.1) is 0 Å². The monoisotopic (exact) mass is 414 g/mol. The molecule has 0 bridgehead atoms. The second-order valence-electron chi connectivity index (χ2n) is 6.16. The Morgan fingerprint density at radius 2 is 1.00 bits per heavy atom. The van der Waals surface area contributed by atoms with Crippen LogP contribution in [0.5, 0.6) is 0 Å². The van der Waals surface area contributed by atoms with Crippen LogP contribution in [0.15, 0.2) is 0 Å². The van der Waals surface area contributed by atoms with Gasteiger partial charge in [-0.3, -0.25) is 0 Å². The van der Waals surface area contributed by atoms with Gasteiger partial charge in [0.2, 0.25) is 0 Å². The van der Waals surface area contributed by atoms with Gasteiger partial charge < -0.3 is 4.57 Å². The standard InChI is InChI=1S/C17H36IOP/c1-3-5-7-9-11-13-15-20(19,17-18)16-14-12-10-8-6-4-2/h3-17H2,1-2H3. The summed E-state index contributed by atoms with van der Waals surface area (Å²) in [4.78, 5) is 0. The van der Waals surface area contributed by atoms with E-state index >= 15 is 0 Å². The lowest BCUT2D eigenvalue weighted by molar-refractivity contribution is 0.565. The molecule has 0 aromatic carbocycles. The Morgan fingerprint density at radius 3 is 1.35 bits per heavy atom. The summed E-state index contributed by atoms with van der Waals surface area (Å²) in [5.41, 5.74) is 0. The fourth-order valence-electron chi connectivity index (χ4n) is 2.59. The van der Waals surface area contributed by atoms with Gasteiger partial charge in [0, 0.05) is 12.3 Å². The minimum Gasteiger partial charge on any atom is -0.323 e. The van der Waals surface area contributed by atoms with Gasteiger partial charge in [0.05, 0.1) is 11.3 Å². The van der Waals surface area contributed by atoms with Gasteiger partial charge in [0.25, 0.3) is 0 Å². The van der Waals surface area contributed by atoms with Gasteiger partial charge in [-0.25, -0.2) is 0 Å². The Labute approximate surface area is 141 Å². The Balaban J connectivity index is 3.60. The Hall–Kier alpha value is 0.960. The molecule has 0 saturated carbocycles. The van der Waals surface area contributed by atoms with E-state index in [0.29, 0.717) is 0 Å². The second-order valence-corrected chi connectivity index (χ2v) is 11.5. The average Bonchev–Trinajstić information content (AvgIpc) is 2.46. The lowest BCUT2D eigenvalue weighted by atomic mass is 10.1. The molecule has 1 nitrogen and oxygen atoms in total. The van der Waals surface area contributed by atoms with E-state index in [1.54, 1.807) is 0 Å². The summed E-state index contributed by atoms with van der Waals surface area (Å²) in [7, 11) is -1.82. The van der Waals surface area contributed by atoms with Crippen LogP contribution in [0.25, 0.3) is 0 Å². The van der Waals surface area contributed by atoms with Crippen molar-refractivity contribution in [3.8, 4) is 0 Å². The fraction of sp³-hybridized carbons (Fsp3) is 1.00. The Kier molecular flexibility index (Phi) is 15.6. The molecule has 0 atom stereocenters. The van der Waals surface area contributed by atoms with Crippen molar-refractivity contribution in [2.45, 2.75) is 90.9 Å². The molecule has 0 unspecified atom stereocenters.